The number of hydrogen-bond acceptors (Lipinski definition) is 6. The third-order valence-corrected chi connectivity index (χ3v) is 5.55. The van der Waals surface area contributed by atoms with Gasteiger partial charge in [-0.15, -0.1) is 0 Å². The normalized spacial score (nSPS) is 13.9. The molecule has 1 saturated heterocycles. The molecule has 2 aromatic carbocycles. The van der Waals surface area contributed by atoms with Gasteiger partial charge in [0.05, 0.1) is 5.69 Å². The summed E-state index contributed by atoms with van der Waals surface area (Å²) in [6.45, 7) is 4.09. The lowest BCUT2D eigenvalue weighted by Gasteiger charge is -2.29. The monoisotopic (exact) mass is 431 g/mol. The average molecular weight is 432 g/mol. The summed E-state index contributed by atoms with van der Waals surface area (Å²) in [5.41, 5.74) is 5.66. The maximum Gasteiger partial charge on any atom is 0.227 e. The topological polar surface area (TPSA) is 81.8 Å². The fourth-order valence-electron chi connectivity index (χ4n) is 3.69. The number of nitrogens with zero attached hydrogens (tertiary/aromatic N) is 4. The van der Waals surface area contributed by atoms with Gasteiger partial charge in [0.25, 0.3) is 0 Å². The number of nitrogens with one attached hydrogen (secondary N) is 3. The first-order valence-electron chi connectivity index (χ1n) is 10.2. The molecule has 0 aliphatic carbocycles. The third-order valence-electron chi connectivity index (χ3n) is 5.30. The first-order chi connectivity index (χ1) is 15.3. The van der Waals surface area contributed by atoms with Crippen LogP contribution in [0.2, 0.25) is 5.02 Å². The highest BCUT2D eigenvalue weighted by atomic mass is 35.5. The molecule has 0 atom stereocenters. The molecule has 0 radical (unpaired) electrons. The minimum atomic E-state index is 0.538. The second-order valence-electron chi connectivity index (χ2n) is 7.33. The molecule has 0 saturated carbocycles. The van der Waals surface area contributed by atoms with E-state index < -0.39 is 0 Å². The molecule has 0 bridgehead atoms. The number of rotatable bonds is 5. The molecule has 31 heavy (non-hydrogen) atoms. The first-order valence-corrected chi connectivity index (χ1v) is 10.6. The first kappa shape index (κ1) is 19.5. The van der Waals surface area contributed by atoms with Crippen molar-refractivity contribution in [3.63, 3.8) is 0 Å². The Kier molecular flexibility index (Phi) is 5.52. The number of hydrogen-bond donors (Lipinski definition) is 3. The van der Waals surface area contributed by atoms with E-state index in [1.165, 1.54) is 5.69 Å². The van der Waals surface area contributed by atoms with E-state index in [4.69, 9.17) is 16.6 Å². The van der Waals surface area contributed by atoms with Crippen molar-refractivity contribution in [2.75, 3.05) is 36.4 Å². The summed E-state index contributed by atoms with van der Waals surface area (Å²) in [4.78, 5) is 11.5. The fourth-order valence-corrected chi connectivity index (χ4v) is 3.82. The lowest BCUT2D eigenvalue weighted by Crippen LogP contribution is -2.43. The van der Waals surface area contributed by atoms with E-state index in [-0.39, 0.29) is 0 Å². The molecule has 2 aromatic heterocycles. The van der Waals surface area contributed by atoms with Crippen molar-refractivity contribution >= 4 is 28.9 Å². The lowest BCUT2D eigenvalue weighted by molar-refractivity contribution is 0.589. The van der Waals surface area contributed by atoms with Gasteiger partial charge in [0.1, 0.15) is 5.69 Å². The zero-order chi connectivity index (χ0) is 21.0. The smallest absolute Gasteiger partial charge is 0.227 e. The van der Waals surface area contributed by atoms with Crippen LogP contribution in [0.1, 0.15) is 0 Å². The predicted octanol–water partition coefficient (Wildman–Crippen LogP) is 4.34. The summed E-state index contributed by atoms with van der Waals surface area (Å²) in [7, 11) is 0. The SMILES string of the molecule is Clc1ccc(-c2n[nH]cc2-c2ccnc(Nc3ccc(N4CCNCC4)cc3)n2)cc1. The van der Waals surface area contributed by atoms with Crippen LogP contribution in [-0.4, -0.2) is 46.3 Å². The van der Waals surface area contributed by atoms with Gasteiger partial charge in [-0.05, 0) is 42.5 Å². The number of benzene rings is 2. The van der Waals surface area contributed by atoms with Gasteiger partial charge >= 0.3 is 0 Å². The van der Waals surface area contributed by atoms with Crippen LogP contribution in [0, 0.1) is 0 Å². The Morgan fingerprint density at radius 3 is 2.48 bits per heavy atom. The van der Waals surface area contributed by atoms with Crippen molar-refractivity contribution in [1.82, 2.24) is 25.5 Å². The second-order valence-corrected chi connectivity index (χ2v) is 7.77. The summed E-state index contributed by atoms with van der Waals surface area (Å²) in [5, 5.41) is 14.7. The molecule has 156 valence electrons. The van der Waals surface area contributed by atoms with Crippen LogP contribution < -0.4 is 15.5 Å². The Hall–Kier alpha value is -3.42. The summed E-state index contributed by atoms with van der Waals surface area (Å²) >= 11 is 6.02. The van der Waals surface area contributed by atoms with E-state index in [2.05, 4.69) is 55.0 Å². The Labute approximate surface area is 185 Å². The van der Waals surface area contributed by atoms with Gasteiger partial charge in [0.2, 0.25) is 5.95 Å². The van der Waals surface area contributed by atoms with Gasteiger partial charge < -0.3 is 15.5 Å². The van der Waals surface area contributed by atoms with Crippen LogP contribution in [0.15, 0.2) is 67.0 Å². The standard InChI is InChI=1S/C23H22ClN7/c24-17-3-1-16(2-4-17)22-20(15-27-30-22)21-9-10-26-23(29-21)28-18-5-7-19(8-6-18)31-13-11-25-12-14-31/h1-10,15,25H,11-14H2,(H,27,30)(H,26,28,29). The Bertz CT molecular complexity index is 1150. The molecule has 3 N–H and O–H groups in total. The highest BCUT2D eigenvalue weighted by Crippen LogP contribution is 2.30. The van der Waals surface area contributed by atoms with Crippen molar-refractivity contribution in [2.45, 2.75) is 0 Å². The largest absolute Gasteiger partial charge is 0.369 e. The van der Waals surface area contributed by atoms with Crippen LogP contribution in [0.25, 0.3) is 22.5 Å². The van der Waals surface area contributed by atoms with Crippen molar-refractivity contribution in [3.05, 3.63) is 72.0 Å². The zero-order valence-corrected chi connectivity index (χ0v) is 17.6. The minimum absolute atomic E-state index is 0.538. The summed E-state index contributed by atoms with van der Waals surface area (Å²) in [6.07, 6.45) is 3.59. The Balaban J connectivity index is 1.35. The number of piperazine rings is 1. The third kappa shape index (κ3) is 4.38. The van der Waals surface area contributed by atoms with Gasteiger partial charge in [-0.2, -0.15) is 5.10 Å². The van der Waals surface area contributed by atoms with Crippen molar-refractivity contribution in [1.29, 1.82) is 0 Å². The van der Waals surface area contributed by atoms with E-state index in [0.717, 1.165) is 54.4 Å². The van der Waals surface area contributed by atoms with E-state index in [1.807, 2.05) is 36.5 Å². The summed E-state index contributed by atoms with van der Waals surface area (Å²) < 4.78 is 0. The molecule has 4 aromatic rings. The molecule has 5 rings (SSSR count). The van der Waals surface area contributed by atoms with Crippen LogP contribution in [0.4, 0.5) is 17.3 Å². The van der Waals surface area contributed by atoms with Gasteiger partial charge in [0, 0.05) is 66.1 Å². The maximum atomic E-state index is 6.02. The number of H-pyrrole nitrogens is 1. The van der Waals surface area contributed by atoms with E-state index in [0.29, 0.717) is 11.0 Å². The highest BCUT2D eigenvalue weighted by molar-refractivity contribution is 6.30. The van der Waals surface area contributed by atoms with Gasteiger partial charge in [-0.1, -0.05) is 23.7 Å². The van der Waals surface area contributed by atoms with Crippen molar-refractivity contribution in [2.24, 2.45) is 0 Å². The molecule has 1 aliphatic rings. The van der Waals surface area contributed by atoms with Gasteiger partial charge in [0.15, 0.2) is 0 Å². The van der Waals surface area contributed by atoms with Crippen molar-refractivity contribution in [3.8, 4) is 22.5 Å². The van der Waals surface area contributed by atoms with E-state index in [9.17, 15) is 0 Å². The van der Waals surface area contributed by atoms with Crippen LogP contribution in [0.3, 0.4) is 0 Å². The zero-order valence-electron chi connectivity index (χ0n) is 16.8. The maximum absolute atomic E-state index is 6.02. The number of halogens is 1. The van der Waals surface area contributed by atoms with Gasteiger partial charge in [-0.3, -0.25) is 5.10 Å². The fraction of sp³-hybridized carbons (Fsp3) is 0.174. The molecule has 0 amide bonds. The number of anilines is 3. The molecule has 3 heterocycles. The molecule has 0 spiro atoms. The number of aromatic amines is 1. The molecule has 8 heteroatoms. The summed E-state index contributed by atoms with van der Waals surface area (Å²) in [5.74, 6) is 0.538. The van der Waals surface area contributed by atoms with E-state index >= 15 is 0 Å². The number of aromatic nitrogens is 4. The lowest BCUT2D eigenvalue weighted by atomic mass is 10.1. The van der Waals surface area contributed by atoms with Crippen LogP contribution >= 0.6 is 11.6 Å². The Morgan fingerprint density at radius 1 is 0.935 bits per heavy atom. The summed E-state index contributed by atoms with van der Waals surface area (Å²) in [6, 6.07) is 17.9. The Morgan fingerprint density at radius 2 is 1.71 bits per heavy atom. The average Bonchev–Trinajstić information content (AvgIpc) is 3.31. The quantitative estimate of drug-likeness (QED) is 0.436. The van der Waals surface area contributed by atoms with Crippen molar-refractivity contribution < 1.29 is 0 Å². The second kappa shape index (κ2) is 8.75. The molecular weight excluding hydrogens is 410 g/mol. The molecule has 1 fully saturated rings. The minimum Gasteiger partial charge on any atom is -0.369 e. The highest BCUT2D eigenvalue weighted by Gasteiger charge is 2.13. The molecule has 7 nitrogen and oxygen atoms in total. The molecular formula is C23H22ClN7. The van der Waals surface area contributed by atoms with E-state index in [1.54, 1.807) is 6.20 Å². The molecule has 1 aliphatic heterocycles. The predicted molar refractivity (Wildman–Crippen MR) is 125 cm³/mol. The van der Waals surface area contributed by atoms with Crippen LogP contribution in [0.5, 0.6) is 0 Å². The molecule has 0 unspecified atom stereocenters. The van der Waals surface area contributed by atoms with Crippen LogP contribution in [-0.2, 0) is 0 Å². The van der Waals surface area contributed by atoms with Gasteiger partial charge in [-0.25, -0.2) is 9.97 Å².